The first kappa shape index (κ1) is 20.1. The number of aromatic nitrogens is 2. The fraction of sp³-hybridized carbons (Fsp3) is 0. The summed E-state index contributed by atoms with van der Waals surface area (Å²) in [5.74, 6) is -0.806. The van der Waals surface area contributed by atoms with E-state index in [9.17, 15) is 9.90 Å². The van der Waals surface area contributed by atoms with Gasteiger partial charge >= 0.3 is 0 Å². The second-order valence-corrected chi connectivity index (χ2v) is 9.00. The summed E-state index contributed by atoms with van der Waals surface area (Å²) < 4.78 is 0. The highest BCUT2D eigenvalue weighted by Crippen LogP contribution is 2.35. The zero-order valence-corrected chi connectivity index (χ0v) is 18.4. The third kappa shape index (κ3) is 3.91. The van der Waals surface area contributed by atoms with Crippen molar-refractivity contribution in [2.75, 3.05) is 0 Å². The van der Waals surface area contributed by atoms with E-state index in [0.717, 1.165) is 42.8 Å². The van der Waals surface area contributed by atoms with Crippen molar-refractivity contribution in [2.24, 2.45) is 5.73 Å². The molecule has 32 heavy (non-hydrogen) atoms. The zero-order valence-electron chi connectivity index (χ0n) is 16.7. The van der Waals surface area contributed by atoms with Crippen LogP contribution < -0.4 is 5.73 Å². The van der Waals surface area contributed by atoms with E-state index in [-0.39, 0.29) is 11.3 Å². The lowest BCUT2D eigenvalue weighted by Crippen LogP contribution is -2.11. The van der Waals surface area contributed by atoms with Gasteiger partial charge in [-0.15, -0.1) is 22.7 Å². The molecule has 7 heteroatoms. The minimum Gasteiger partial charge on any atom is -0.507 e. The van der Waals surface area contributed by atoms with Gasteiger partial charge in [-0.3, -0.25) is 4.79 Å². The second-order valence-electron chi connectivity index (χ2n) is 7.11. The first-order valence-corrected chi connectivity index (χ1v) is 11.5. The summed E-state index contributed by atoms with van der Waals surface area (Å²) in [5, 5.41) is 13.6. The first-order chi connectivity index (χ1) is 15.6. The third-order valence-electron chi connectivity index (χ3n) is 5.00. The number of primary amides is 1. The molecule has 0 saturated carbocycles. The van der Waals surface area contributed by atoms with Crippen LogP contribution in [-0.4, -0.2) is 21.0 Å². The van der Waals surface area contributed by atoms with Crippen molar-refractivity contribution in [1.29, 1.82) is 0 Å². The Balaban J connectivity index is 1.39. The minimum absolute atomic E-state index is 0.0841. The molecule has 5 rings (SSSR count). The molecule has 0 aliphatic rings. The van der Waals surface area contributed by atoms with E-state index in [2.05, 4.69) is 29.2 Å². The fourth-order valence-corrected chi connectivity index (χ4v) is 5.09. The number of phenols is 1. The van der Waals surface area contributed by atoms with Crippen LogP contribution in [0.1, 0.15) is 10.4 Å². The van der Waals surface area contributed by atoms with Crippen LogP contribution in [0.5, 0.6) is 5.75 Å². The number of benzene rings is 3. The SMILES string of the molecule is NC(=O)c1cc(-c2csc(-c3ccc(-c4cnc(-c5ccccc5)s4)cc3)n2)ccc1O. The molecule has 3 aromatic carbocycles. The molecule has 1 amide bonds. The van der Waals surface area contributed by atoms with Crippen LogP contribution in [0.15, 0.2) is 84.4 Å². The highest BCUT2D eigenvalue weighted by molar-refractivity contribution is 7.18. The van der Waals surface area contributed by atoms with E-state index >= 15 is 0 Å². The van der Waals surface area contributed by atoms with E-state index in [1.807, 2.05) is 41.9 Å². The number of hydrogen-bond donors (Lipinski definition) is 2. The summed E-state index contributed by atoms with van der Waals surface area (Å²) in [5.41, 5.74) is 10.1. The number of thiazole rings is 2. The monoisotopic (exact) mass is 455 g/mol. The van der Waals surface area contributed by atoms with Gasteiger partial charge in [-0.25, -0.2) is 9.97 Å². The van der Waals surface area contributed by atoms with Crippen molar-refractivity contribution in [3.63, 3.8) is 0 Å². The second kappa shape index (κ2) is 8.37. The Hall–Kier alpha value is -3.81. The van der Waals surface area contributed by atoms with Gasteiger partial charge in [-0.2, -0.15) is 0 Å². The average molecular weight is 456 g/mol. The molecule has 0 spiro atoms. The lowest BCUT2D eigenvalue weighted by atomic mass is 10.1. The molecule has 0 aliphatic heterocycles. The normalized spacial score (nSPS) is 10.9. The molecule has 0 saturated heterocycles. The predicted molar refractivity (Wildman–Crippen MR) is 130 cm³/mol. The molecule has 0 aliphatic carbocycles. The molecule has 0 bridgehead atoms. The standard InChI is InChI=1S/C25H17N3O2S2/c26-23(30)19-12-18(10-11-21(19)29)20-14-31-25(28-20)17-8-6-15(7-9-17)22-13-27-24(32-22)16-4-2-1-3-5-16/h1-14,29H,(H2,26,30). The number of aromatic hydroxyl groups is 1. The van der Waals surface area contributed by atoms with Gasteiger partial charge in [0.25, 0.3) is 5.91 Å². The van der Waals surface area contributed by atoms with Gasteiger partial charge < -0.3 is 10.8 Å². The molecule has 0 fully saturated rings. The van der Waals surface area contributed by atoms with E-state index in [1.165, 1.54) is 17.4 Å². The predicted octanol–water partition coefficient (Wildman–Crippen LogP) is 6.07. The number of rotatable bonds is 5. The number of nitrogens with two attached hydrogens (primary N) is 1. The van der Waals surface area contributed by atoms with Crippen molar-refractivity contribution in [3.05, 3.63) is 89.9 Å². The van der Waals surface area contributed by atoms with Gasteiger partial charge in [-0.05, 0) is 23.8 Å². The first-order valence-electron chi connectivity index (χ1n) is 9.79. The average Bonchev–Trinajstić information content (AvgIpc) is 3.51. The molecule has 0 radical (unpaired) electrons. The van der Waals surface area contributed by atoms with Crippen LogP contribution in [0.4, 0.5) is 0 Å². The van der Waals surface area contributed by atoms with Gasteiger partial charge in [0, 0.05) is 28.3 Å². The Morgan fingerprint density at radius 3 is 2.28 bits per heavy atom. The summed E-state index contributed by atoms with van der Waals surface area (Å²) in [6.07, 6.45) is 1.91. The topological polar surface area (TPSA) is 89.1 Å². The van der Waals surface area contributed by atoms with Gasteiger partial charge in [0.15, 0.2) is 0 Å². The van der Waals surface area contributed by atoms with E-state index in [4.69, 9.17) is 10.7 Å². The maximum atomic E-state index is 11.5. The molecule has 2 heterocycles. The molecular formula is C25H17N3O2S2. The quantitative estimate of drug-likeness (QED) is 0.336. The Bertz CT molecular complexity index is 1410. The van der Waals surface area contributed by atoms with Gasteiger partial charge in [0.1, 0.15) is 15.8 Å². The summed E-state index contributed by atoms with van der Waals surface area (Å²) in [4.78, 5) is 21.9. The third-order valence-corrected chi connectivity index (χ3v) is 6.99. The fourth-order valence-electron chi connectivity index (χ4n) is 3.33. The Morgan fingerprint density at radius 2 is 1.53 bits per heavy atom. The Kier molecular flexibility index (Phi) is 5.26. The summed E-state index contributed by atoms with van der Waals surface area (Å²) in [6.45, 7) is 0. The van der Waals surface area contributed by atoms with Crippen LogP contribution in [-0.2, 0) is 0 Å². The largest absolute Gasteiger partial charge is 0.507 e. The Morgan fingerprint density at radius 1 is 0.844 bits per heavy atom. The van der Waals surface area contributed by atoms with Crippen molar-refractivity contribution < 1.29 is 9.90 Å². The lowest BCUT2D eigenvalue weighted by molar-refractivity contribution is 0.0998. The number of hydrogen-bond acceptors (Lipinski definition) is 6. The Labute approximate surface area is 192 Å². The molecule has 156 valence electrons. The highest BCUT2D eigenvalue weighted by atomic mass is 32.1. The van der Waals surface area contributed by atoms with Crippen molar-refractivity contribution in [1.82, 2.24) is 9.97 Å². The number of amides is 1. The molecule has 3 N–H and O–H groups in total. The zero-order chi connectivity index (χ0) is 22.1. The van der Waals surface area contributed by atoms with Crippen molar-refractivity contribution in [2.45, 2.75) is 0 Å². The van der Waals surface area contributed by atoms with Crippen LogP contribution in [0.3, 0.4) is 0 Å². The molecular weight excluding hydrogens is 438 g/mol. The smallest absolute Gasteiger partial charge is 0.252 e. The molecule has 5 nitrogen and oxygen atoms in total. The van der Waals surface area contributed by atoms with E-state index < -0.39 is 5.91 Å². The lowest BCUT2D eigenvalue weighted by Gasteiger charge is -2.03. The number of carbonyl (C=O) groups is 1. The van der Waals surface area contributed by atoms with Crippen LogP contribution >= 0.6 is 22.7 Å². The molecule has 0 atom stereocenters. The minimum atomic E-state index is -0.672. The molecule has 2 aromatic heterocycles. The highest BCUT2D eigenvalue weighted by Gasteiger charge is 2.13. The van der Waals surface area contributed by atoms with Crippen molar-refractivity contribution in [3.8, 4) is 48.6 Å². The van der Waals surface area contributed by atoms with Crippen LogP contribution in [0.2, 0.25) is 0 Å². The summed E-state index contributed by atoms with van der Waals surface area (Å²) in [6, 6.07) is 23.1. The van der Waals surface area contributed by atoms with E-state index in [0.29, 0.717) is 0 Å². The van der Waals surface area contributed by atoms with Crippen LogP contribution in [0, 0.1) is 0 Å². The number of nitrogens with zero attached hydrogens (tertiary/aromatic N) is 2. The van der Waals surface area contributed by atoms with Crippen molar-refractivity contribution >= 4 is 28.6 Å². The van der Waals surface area contributed by atoms with E-state index in [1.54, 1.807) is 23.5 Å². The maximum absolute atomic E-state index is 11.5. The summed E-state index contributed by atoms with van der Waals surface area (Å²) >= 11 is 3.18. The van der Waals surface area contributed by atoms with Gasteiger partial charge in [0.2, 0.25) is 0 Å². The maximum Gasteiger partial charge on any atom is 0.252 e. The van der Waals surface area contributed by atoms with Gasteiger partial charge in [0.05, 0.1) is 16.1 Å². The van der Waals surface area contributed by atoms with Crippen LogP contribution in [0.25, 0.3) is 42.8 Å². The number of carbonyl (C=O) groups excluding carboxylic acids is 1. The summed E-state index contributed by atoms with van der Waals surface area (Å²) in [7, 11) is 0. The van der Waals surface area contributed by atoms with Gasteiger partial charge in [-0.1, -0.05) is 54.6 Å². The molecule has 5 aromatic rings. The molecule has 0 unspecified atom stereocenters.